The molecule has 0 radical (unpaired) electrons. The largest absolute Gasteiger partial charge is 0.493 e. The van der Waals surface area contributed by atoms with Crippen molar-refractivity contribution in [1.82, 2.24) is 0 Å². The standard InChI is InChI=1S/C22H26N2O3/c1-13-10-17-18(11-14(13)2)22(25)24(21(17)23)15-8-9-19(26-3)20(12-15)27-16-6-4-5-7-16/h8-12,16,21H,4-7,23H2,1-3H3. The number of methoxy groups -OCH3 is 1. The van der Waals surface area contributed by atoms with E-state index < -0.39 is 6.17 Å². The molecule has 0 aromatic heterocycles. The number of aryl methyl sites for hydroxylation is 2. The van der Waals surface area contributed by atoms with Gasteiger partial charge in [0.25, 0.3) is 5.91 Å². The predicted octanol–water partition coefficient (Wildman–Crippen LogP) is 4.25. The summed E-state index contributed by atoms with van der Waals surface area (Å²) in [6.07, 6.45) is 4.20. The van der Waals surface area contributed by atoms with Gasteiger partial charge in [-0.05, 0) is 68.9 Å². The Labute approximate surface area is 160 Å². The maximum atomic E-state index is 13.1. The van der Waals surface area contributed by atoms with Gasteiger partial charge >= 0.3 is 0 Å². The van der Waals surface area contributed by atoms with E-state index in [4.69, 9.17) is 15.2 Å². The zero-order valence-electron chi connectivity index (χ0n) is 16.1. The number of rotatable bonds is 4. The van der Waals surface area contributed by atoms with E-state index in [0.29, 0.717) is 17.1 Å². The summed E-state index contributed by atoms with van der Waals surface area (Å²) in [5.41, 5.74) is 11.0. The van der Waals surface area contributed by atoms with E-state index in [1.807, 2.05) is 44.2 Å². The Morgan fingerprint density at radius 2 is 1.74 bits per heavy atom. The van der Waals surface area contributed by atoms with E-state index in [1.165, 1.54) is 12.8 Å². The van der Waals surface area contributed by atoms with Gasteiger partial charge in [0.05, 0.1) is 13.2 Å². The molecule has 1 atom stereocenters. The molecule has 1 heterocycles. The number of nitrogens with two attached hydrogens (primary N) is 1. The molecule has 0 spiro atoms. The molecule has 2 aromatic carbocycles. The minimum atomic E-state index is -0.500. The van der Waals surface area contributed by atoms with Crippen molar-refractivity contribution in [3.8, 4) is 11.5 Å². The molecule has 1 aliphatic heterocycles. The van der Waals surface area contributed by atoms with Gasteiger partial charge in [0.2, 0.25) is 0 Å². The van der Waals surface area contributed by atoms with Crippen LogP contribution in [0.2, 0.25) is 0 Å². The van der Waals surface area contributed by atoms with Gasteiger partial charge in [-0.2, -0.15) is 0 Å². The monoisotopic (exact) mass is 366 g/mol. The number of carbonyl (C=O) groups excluding carboxylic acids is 1. The fourth-order valence-corrected chi connectivity index (χ4v) is 4.03. The summed E-state index contributed by atoms with van der Waals surface area (Å²) < 4.78 is 11.6. The first kappa shape index (κ1) is 17.9. The molecule has 0 saturated heterocycles. The van der Waals surface area contributed by atoms with Crippen molar-refractivity contribution in [3.05, 3.63) is 52.6 Å². The zero-order valence-corrected chi connectivity index (χ0v) is 16.1. The smallest absolute Gasteiger partial charge is 0.260 e. The van der Waals surface area contributed by atoms with Crippen LogP contribution in [0.1, 0.15) is 58.9 Å². The second-order valence-corrected chi connectivity index (χ2v) is 7.50. The third kappa shape index (κ3) is 3.06. The van der Waals surface area contributed by atoms with Crippen molar-refractivity contribution in [2.75, 3.05) is 12.0 Å². The summed E-state index contributed by atoms with van der Waals surface area (Å²) in [6, 6.07) is 9.54. The van der Waals surface area contributed by atoms with Crippen LogP contribution >= 0.6 is 0 Å². The molecule has 27 heavy (non-hydrogen) atoms. The van der Waals surface area contributed by atoms with Crippen LogP contribution in [-0.4, -0.2) is 19.1 Å². The summed E-state index contributed by atoms with van der Waals surface area (Å²) in [6.45, 7) is 4.05. The highest BCUT2D eigenvalue weighted by atomic mass is 16.5. The highest BCUT2D eigenvalue weighted by Gasteiger charge is 2.36. The maximum absolute atomic E-state index is 13.1. The lowest BCUT2D eigenvalue weighted by Crippen LogP contribution is -2.32. The van der Waals surface area contributed by atoms with Crippen molar-refractivity contribution in [2.45, 2.75) is 51.8 Å². The molecule has 5 heteroatoms. The minimum Gasteiger partial charge on any atom is -0.493 e. The Kier molecular flexibility index (Phi) is 4.56. The Morgan fingerprint density at radius 1 is 1.04 bits per heavy atom. The summed E-state index contributed by atoms with van der Waals surface area (Å²) in [5, 5.41) is 0. The van der Waals surface area contributed by atoms with Crippen molar-refractivity contribution < 1.29 is 14.3 Å². The van der Waals surface area contributed by atoms with Crippen molar-refractivity contribution in [3.63, 3.8) is 0 Å². The Hall–Kier alpha value is -2.53. The molecule has 2 aromatic rings. The molecule has 2 N–H and O–H groups in total. The quantitative estimate of drug-likeness (QED) is 0.878. The van der Waals surface area contributed by atoms with Gasteiger partial charge in [-0.25, -0.2) is 0 Å². The van der Waals surface area contributed by atoms with E-state index in [1.54, 1.807) is 12.0 Å². The first-order chi connectivity index (χ1) is 13.0. The fourth-order valence-electron chi connectivity index (χ4n) is 4.03. The number of nitrogens with zero attached hydrogens (tertiary/aromatic N) is 1. The van der Waals surface area contributed by atoms with Crippen LogP contribution in [0.4, 0.5) is 5.69 Å². The highest BCUT2D eigenvalue weighted by molar-refractivity contribution is 6.11. The van der Waals surface area contributed by atoms with Gasteiger partial charge in [0.15, 0.2) is 11.5 Å². The Bertz CT molecular complexity index is 887. The van der Waals surface area contributed by atoms with E-state index in [2.05, 4.69) is 0 Å². The first-order valence-corrected chi connectivity index (χ1v) is 9.54. The van der Waals surface area contributed by atoms with Gasteiger partial charge in [-0.3, -0.25) is 9.69 Å². The molecular weight excluding hydrogens is 340 g/mol. The van der Waals surface area contributed by atoms with Gasteiger partial charge in [0.1, 0.15) is 6.17 Å². The zero-order chi connectivity index (χ0) is 19.1. The van der Waals surface area contributed by atoms with Crippen molar-refractivity contribution in [2.24, 2.45) is 5.73 Å². The lowest BCUT2D eigenvalue weighted by atomic mass is 10.0. The molecule has 0 bridgehead atoms. The average molecular weight is 366 g/mol. The Morgan fingerprint density at radius 3 is 2.44 bits per heavy atom. The molecule has 5 nitrogen and oxygen atoms in total. The number of fused-ring (bicyclic) bond motifs is 1. The molecule has 1 unspecified atom stereocenters. The van der Waals surface area contributed by atoms with Crippen LogP contribution < -0.4 is 20.1 Å². The van der Waals surface area contributed by atoms with Gasteiger partial charge in [-0.1, -0.05) is 6.07 Å². The Balaban J connectivity index is 1.69. The van der Waals surface area contributed by atoms with E-state index in [0.717, 1.165) is 35.2 Å². The average Bonchev–Trinajstić information content (AvgIpc) is 3.24. The molecule has 1 saturated carbocycles. The number of carbonyl (C=O) groups is 1. The number of amides is 1. The third-order valence-corrected chi connectivity index (χ3v) is 5.73. The highest BCUT2D eigenvalue weighted by Crippen LogP contribution is 2.40. The van der Waals surface area contributed by atoms with E-state index in [9.17, 15) is 4.79 Å². The second kappa shape index (κ2) is 6.89. The van der Waals surface area contributed by atoms with Crippen LogP contribution in [0.5, 0.6) is 11.5 Å². The SMILES string of the molecule is COc1ccc(N2C(=O)c3cc(C)c(C)cc3C2N)cc1OC1CCCC1. The summed E-state index contributed by atoms with van der Waals surface area (Å²) >= 11 is 0. The maximum Gasteiger partial charge on any atom is 0.260 e. The summed E-state index contributed by atoms with van der Waals surface area (Å²) in [7, 11) is 1.63. The minimum absolute atomic E-state index is 0.0717. The lowest BCUT2D eigenvalue weighted by Gasteiger charge is -2.24. The second-order valence-electron chi connectivity index (χ2n) is 7.50. The third-order valence-electron chi connectivity index (χ3n) is 5.73. The van der Waals surface area contributed by atoms with Crippen LogP contribution in [0.15, 0.2) is 30.3 Å². The normalized spacial score (nSPS) is 19.5. The first-order valence-electron chi connectivity index (χ1n) is 9.54. The predicted molar refractivity (Wildman–Crippen MR) is 106 cm³/mol. The summed E-state index contributed by atoms with van der Waals surface area (Å²) in [5.74, 6) is 1.28. The molecule has 1 amide bonds. The molecule has 1 fully saturated rings. The van der Waals surface area contributed by atoms with Crippen molar-refractivity contribution >= 4 is 11.6 Å². The lowest BCUT2D eigenvalue weighted by molar-refractivity contribution is 0.0991. The van der Waals surface area contributed by atoms with Gasteiger partial charge < -0.3 is 15.2 Å². The van der Waals surface area contributed by atoms with Crippen LogP contribution in [0.3, 0.4) is 0 Å². The number of ether oxygens (including phenoxy) is 2. The number of hydrogen-bond donors (Lipinski definition) is 1. The van der Waals surface area contributed by atoms with E-state index >= 15 is 0 Å². The number of hydrogen-bond acceptors (Lipinski definition) is 4. The molecular formula is C22H26N2O3. The van der Waals surface area contributed by atoms with Gasteiger partial charge in [-0.15, -0.1) is 0 Å². The van der Waals surface area contributed by atoms with Crippen LogP contribution in [0.25, 0.3) is 0 Å². The molecule has 2 aliphatic rings. The molecule has 142 valence electrons. The van der Waals surface area contributed by atoms with Crippen LogP contribution in [0, 0.1) is 13.8 Å². The topological polar surface area (TPSA) is 64.8 Å². The fraction of sp³-hybridized carbons (Fsp3) is 0.409. The van der Waals surface area contributed by atoms with Gasteiger partial charge in [0, 0.05) is 22.9 Å². The molecule has 4 rings (SSSR count). The van der Waals surface area contributed by atoms with E-state index in [-0.39, 0.29) is 12.0 Å². The molecule has 1 aliphatic carbocycles. The van der Waals surface area contributed by atoms with Crippen molar-refractivity contribution in [1.29, 1.82) is 0 Å². The van der Waals surface area contributed by atoms with Crippen LogP contribution in [-0.2, 0) is 0 Å². The summed E-state index contributed by atoms with van der Waals surface area (Å²) in [4.78, 5) is 14.7. The number of anilines is 1. The number of benzene rings is 2.